The van der Waals surface area contributed by atoms with Gasteiger partial charge in [0.2, 0.25) is 5.91 Å². The van der Waals surface area contributed by atoms with Crippen molar-refractivity contribution in [3.63, 3.8) is 0 Å². The number of nitrogens with zero attached hydrogens (tertiary/aromatic N) is 4. The van der Waals surface area contributed by atoms with Crippen LogP contribution in [0.25, 0.3) is 11.1 Å². The van der Waals surface area contributed by atoms with Crippen molar-refractivity contribution in [2.45, 2.75) is 31.6 Å². The first kappa shape index (κ1) is 21.3. The number of carbonyl (C=O) groups excluding carboxylic acids is 1. The highest BCUT2D eigenvalue weighted by Crippen LogP contribution is 2.48. The first-order chi connectivity index (χ1) is 16.6. The Morgan fingerprint density at radius 2 is 1.85 bits per heavy atom. The largest absolute Gasteiger partial charge is 0.396 e. The third-order valence-corrected chi connectivity index (χ3v) is 8.04. The van der Waals surface area contributed by atoms with Crippen LogP contribution in [0.5, 0.6) is 0 Å². The molecule has 7 heteroatoms. The van der Waals surface area contributed by atoms with Gasteiger partial charge in [-0.3, -0.25) is 19.5 Å². The zero-order valence-corrected chi connectivity index (χ0v) is 19.2. The van der Waals surface area contributed by atoms with E-state index >= 15 is 0 Å². The Balaban J connectivity index is 1.31. The van der Waals surface area contributed by atoms with Gasteiger partial charge in [-0.2, -0.15) is 0 Å². The van der Waals surface area contributed by atoms with E-state index in [-0.39, 0.29) is 36.0 Å². The summed E-state index contributed by atoms with van der Waals surface area (Å²) in [6.45, 7) is 1.74. The number of pyridine rings is 2. The third-order valence-electron chi connectivity index (χ3n) is 8.04. The fraction of sp³-hybridized carbons (Fsp3) is 0.370. The first-order valence-corrected chi connectivity index (χ1v) is 11.9. The fourth-order valence-corrected chi connectivity index (χ4v) is 6.37. The number of hydrogen-bond acceptors (Lipinski definition) is 5. The maximum absolute atomic E-state index is 13.7. The molecule has 0 unspecified atom stereocenters. The Bertz CT molecular complexity index is 1300. The molecule has 1 aromatic carbocycles. The molecule has 6 rings (SSSR count). The molecule has 1 N–H and O–H groups in total. The zero-order chi connectivity index (χ0) is 23.4. The van der Waals surface area contributed by atoms with Crippen LogP contribution in [0.4, 0.5) is 0 Å². The topological polar surface area (TPSA) is 78.7 Å². The van der Waals surface area contributed by atoms with Crippen molar-refractivity contribution >= 4 is 5.91 Å². The van der Waals surface area contributed by atoms with E-state index in [1.807, 2.05) is 52.9 Å². The van der Waals surface area contributed by atoms with E-state index in [1.165, 1.54) is 11.1 Å². The molecule has 34 heavy (non-hydrogen) atoms. The number of likely N-dealkylation sites (tertiary alicyclic amines) is 1. The average molecular weight is 457 g/mol. The van der Waals surface area contributed by atoms with Gasteiger partial charge in [-0.25, -0.2) is 0 Å². The lowest BCUT2D eigenvalue weighted by Crippen LogP contribution is -2.50. The summed E-state index contributed by atoms with van der Waals surface area (Å²) in [5.74, 6) is -0.127. The number of carbonyl (C=O) groups is 1. The first-order valence-electron chi connectivity index (χ1n) is 11.9. The Morgan fingerprint density at radius 3 is 2.62 bits per heavy atom. The lowest BCUT2D eigenvalue weighted by Gasteiger charge is -2.35. The molecule has 5 heterocycles. The van der Waals surface area contributed by atoms with E-state index < -0.39 is 6.04 Å². The number of hydrogen-bond donors (Lipinski definition) is 1. The predicted octanol–water partition coefficient (Wildman–Crippen LogP) is 2.09. The van der Waals surface area contributed by atoms with Gasteiger partial charge in [-0.05, 0) is 54.4 Å². The van der Waals surface area contributed by atoms with Crippen molar-refractivity contribution in [2.75, 3.05) is 20.2 Å². The molecular formula is C27H28N4O3. The highest BCUT2D eigenvalue weighted by molar-refractivity contribution is 5.83. The molecule has 0 spiro atoms. The zero-order valence-electron chi connectivity index (χ0n) is 19.2. The predicted molar refractivity (Wildman–Crippen MR) is 128 cm³/mol. The minimum Gasteiger partial charge on any atom is -0.396 e. The van der Waals surface area contributed by atoms with Crippen LogP contribution in [0, 0.1) is 11.8 Å². The van der Waals surface area contributed by atoms with E-state index in [1.54, 1.807) is 12.4 Å². The summed E-state index contributed by atoms with van der Waals surface area (Å²) in [6.07, 6.45) is 4.23. The summed E-state index contributed by atoms with van der Waals surface area (Å²) in [6, 6.07) is 15.4. The minimum atomic E-state index is -0.394. The van der Waals surface area contributed by atoms with E-state index in [4.69, 9.17) is 0 Å². The quantitative estimate of drug-likeness (QED) is 0.653. The van der Waals surface area contributed by atoms with E-state index in [2.05, 4.69) is 22.0 Å². The fourth-order valence-electron chi connectivity index (χ4n) is 6.37. The summed E-state index contributed by atoms with van der Waals surface area (Å²) < 4.78 is 1.84. The highest BCUT2D eigenvalue weighted by atomic mass is 16.3. The summed E-state index contributed by atoms with van der Waals surface area (Å²) in [5.41, 5.74) is 4.89. The van der Waals surface area contributed by atoms with Crippen LogP contribution < -0.4 is 5.56 Å². The highest BCUT2D eigenvalue weighted by Gasteiger charge is 2.55. The molecule has 1 fully saturated rings. The van der Waals surface area contributed by atoms with Gasteiger partial charge in [0.05, 0.1) is 12.1 Å². The van der Waals surface area contributed by atoms with Crippen molar-refractivity contribution in [1.29, 1.82) is 0 Å². The van der Waals surface area contributed by atoms with Gasteiger partial charge in [-0.15, -0.1) is 0 Å². The Hall–Kier alpha value is -3.29. The Labute approximate surface area is 198 Å². The second kappa shape index (κ2) is 8.18. The number of aromatic nitrogens is 2. The number of aliphatic hydroxyl groups is 1. The second-order valence-electron chi connectivity index (χ2n) is 9.67. The van der Waals surface area contributed by atoms with Gasteiger partial charge < -0.3 is 14.6 Å². The second-order valence-corrected chi connectivity index (χ2v) is 9.67. The lowest BCUT2D eigenvalue weighted by atomic mass is 9.87. The van der Waals surface area contributed by atoms with Crippen molar-refractivity contribution in [2.24, 2.45) is 11.8 Å². The Kier molecular flexibility index (Phi) is 5.12. The van der Waals surface area contributed by atoms with Crippen LogP contribution in [-0.4, -0.2) is 56.6 Å². The number of benzene rings is 1. The molecule has 1 amide bonds. The van der Waals surface area contributed by atoms with Crippen LogP contribution in [-0.2, 0) is 24.3 Å². The number of rotatable bonds is 3. The molecule has 3 aliphatic rings. The molecule has 174 valence electrons. The van der Waals surface area contributed by atoms with Gasteiger partial charge in [-0.1, -0.05) is 24.3 Å². The molecule has 0 aliphatic carbocycles. The molecule has 3 aromatic rings. The number of likely N-dealkylation sites (N-methyl/N-ethyl adjacent to an activating group) is 1. The molecular weight excluding hydrogens is 428 g/mol. The minimum absolute atomic E-state index is 0.0152. The maximum Gasteiger partial charge on any atom is 0.258 e. The van der Waals surface area contributed by atoms with Crippen LogP contribution >= 0.6 is 0 Å². The molecule has 1 saturated heterocycles. The average Bonchev–Trinajstić information content (AvgIpc) is 3.39. The molecule has 0 radical (unpaired) electrons. The summed E-state index contributed by atoms with van der Waals surface area (Å²) in [4.78, 5) is 35.2. The third kappa shape index (κ3) is 3.15. The smallest absolute Gasteiger partial charge is 0.258 e. The maximum atomic E-state index is 13.7. The SMILES string of the molecule is CN1[C@@H]2c3ccc(-c4ccncc4)c(=O)n3C[C@@H]2[C@@H](CO)[C@@H]1C(=O)N1CCc2ccccc2C1. The van der Waals surface area contributed by atoms with E-state index in [9.17, 15) is 14.7 Å². The van der Waals surface area contributed by atoms with Gasteiger partial charge >= 0.3 is 0 Å². The summed E-state index contributed by atoms with van der Waals surface area (Å²) >= 11 is 0. The van der Waals surface area contributed by atoms with Crippen LogP contribution in [0.2, 0.25) is 0 Å². The van der Waals surface area contributed by atoms with Gasteiger partial charge in [0.25, 0.3) is 5.56 Å². The monoisotopic (exact) mass is 456 g/mol. The summed E-state index contributed by atoms with van der Waals surface area (Å²) in [5, 5.41) is 10.4. The van der Waals surface area contributed by atoms with Crippen molar-refractivity contribution in [3.05, 3.63) is 88.1 Å². The van der Waals surface area contributed by atoms with Gasteiger partial charge in [0.15, 0.2) is 0 Å². The Morgan fingerprint density at radius 1 is 1.09 bits per heavy atom. The van der Waals surface area contributed by atoms with Gasteiger partial charge in [0, 0.05) is 61.7 Å². The van der Waals surface area contributed by atoms with E-state index in [0.717, 1.165) is 17.7 Å². The number of amides is 1. The summed E-state index contributed by atoms with van der Waals surface area (Å²) in [7, 11) is 1.96. The van der Waals surface area contributed by atoms with Crippen LogP contribution in [0.15, 0.2) is 65.7 Å². The number of fused-ring (bicyclic) bond motifs is 4. The molecule has 3 aliphatic heterocycles. The van der Waals surface area contributed by atoms with Crippen LogP contribution in [0.1, 0.15) is 22.9 Å². The normalized spacial score (nSPS) is 25.6. The van der Waals surface area contributed by atoms with Crippen molar-refractivity contribution in [1.82, 2.24) is 19.4 Å². The molecule has 4 atom stereocenters. The standard InChI is InChI=1S/C27H28N4O3/c1-29-24-21(15-31-23(24)7-6-20(26(31)33)18-8-11-28-12-9-18)22(16-32)25(29)27(34)30-13-10-17-4-2-3-5-19(17)14-30/h2-9,11-12,21-22,24-25,32H,10,13-16H2,1H3/t21-,22-,24+,25-/m1/s1. The lowest BCUT2D eigenvalue weighted by molar-refractivity contribution is -0.138. The van der Waals surface area contributed by atoms with Crippen LogP contribution in [0.3, 0.4) is 0 Å². The van der Waals surface area contributed by atoms with Crippen molar-refractivity contribution in [3.8, 4) is 11.1 Å². The molecule has 2 aromatic heterocycles. The molecule has 0 saturated carbocycles. The molecule has 0 bridgehead atoms. The number of aliphatic hydroxyl groups excluding tert-OH is 1. The van der Waals surface area contributed by atoms with E-state index in [0.29, 0.717) is 25.2 Å². The van der Waals surface area contributed by atoms with Gasteiger partial charge in [0.1, 0.15) is 0 Å². The molecule has 7 nitrogen and oxygen atoms in total. The van der Waals surface area contributed by atoms with Crippen molar-refractivity contribution < 1.29 is 9.90 Å².